The number of fused-ring (bicyclic) bond motifs is 1. The summed E-state index contributed by atoms with van der Waals surface area (Å²) in [5, 5.41) is 9.18. The van der Waals surface area contributed by atoms with Gasteiger partial charge in [-0.1, -0.05) is 37.1 Å². The van der Waals surface area contributed by atoms with E-state index in [-0.39, 0.29) is 31.0 Å². The lowest BCUT2D eigenvalue weighted by Crippen LogP contribution is -2.55. The lowest BCUT2D eigenvalue weighted by Gasteiger charge is -2.37. The van der Waals surface area contributed by atoms with Gasteiger partial charge in [-0.25, -0.2) is 0 Å². The van der Waals surface area contributed by atoms with Gasteiger partial charge in [0.15, 0.2) is 0 Å². The van der Waals surface area contributed by atoms with Crippen molar-refractivity contribution in [3.63, 3.8) is 0 Å². The molecular weight excluding hydrogens is 524 g/mol. The van der Waals surface area contributed by atoms with Crippen LogP contribution in [0.2, 0.25) is 0 Å². The minimum atomic E-state index is -0.687. The van der Waals surface area contributed by atoms with Gasteiger partial charge in [-0.2, -0.15) is 0 Å². The average Bonchev–Trinajstić information content (AvgIpc) is 3.49. The Balaban J connectivity index is 1.74. The largest absolute Gasteiger partial charge is 0.465 e. The molecule has 3 saturated heterocycles. The summed E-state index contributed by atoms with van der Waals surface area (Å²) >= 11 is 1.67. The number of carbonyl (C=O) groups excluding carboxylic acids is 3. The fraction of sp³-hybridized carbons (Fsp3) is 0.594. The maximum Gasteiger partial charge on any atom is 0.311 e. The van der Waals surface area contributed by atoms with Crippen molar-refractivity contribution in [1.29, 1.82) is 0 Å². The van der Waals surface area contributed by atoms with E-state index < -0.39 is 27.4 Å². The topological polar surface area (TPSA) is 87.1 Å². The number of amides is 2. The number of likely N-dealkylation sites (tertiary alicyclic amines) is 1. The van der Waals surface area contributed by atoms with E-state index >= 15 is 0 Å². The molecule has 3 heterocycles. The van der Waals surface area contributed by atoms with Crippen LogP contribution in [0.25, 0.3) is 0 Å². The quantitative estimate of drug-likeness (QED) is 0.194. The molecule has 3 aliphatic rings. The minimum Gasteiger partial charge on any atom is -0.465 e. The van der Waals surface area contributed by atoms with E-state index in [4.69, 9.17) is 4.74 Å². The number of thioether (sulfide) groups is 1. The molecule has 2 amide bonds. The molecule has 1 N–H and O–H groups in total. The van der Waals surface area contributed by atoms with Gasteiger partial charge in [0.2, 0.25) is 5.91 Å². The zero-order valence-corrected chi connectivity index (χ0v) is 25.0. The van der Waals surface area contributed by atoms with Gasteiger partial charge >= 0.3 is 5.97 Å². The predicted octanol–water partition coefficient (Wildman–Crippen LogP) is 4.98. The predicted molar refractivity (Wildman–Crippen MR) is 160 cm³/mol. The van der Waals surface area contributed by atoms with Crippen LogP contribution in [0.3, 0.4) is 0 Å². The second-order valence-electron chi connectivity index (χ2n) is 11.7. The number of hydrogen-bond donors (Lipinski definition) is 1. The molecule has 2 bridgehead atoms. The van der Waals surface area contributed by atoms with E-state index in [1.165, 1.54) is 0 Å². The molecule has 0 saturated carbocycles. The molecule has 40 heavy (non-hydrogen) atoms. The smallest absolute Gasteiger partial charge is 0.311 e. The standard InChI is InChI=1S/C32H44N2O5S/c1-6-8-20-39-30(38)26-25-28(36)34(18-11-9-10-12-19-35)27(32(25)16-15-31(26,5)40-32)29(37)33(17-7-2)24-21-22(3)13-14-23(24)4/h6-7,13-14,21,25-27,35H,1-2,8-12,15-20H2,3-5H3/t25-,26-,27?,31+,32?/m0/s1. The zero-order chi connectivity index (χ0) is 29.1. The van der Waals surface area contributed by atoms with Crippen LogP contribution in [-0.2, 0) is 19.1 Å². The molecule has 1 spiro atoms. The Morgan fingerprint density at radius 1 is 1.18 bits per heavy atom. The fourth-order valence-electron chi connectivity index (χ4n) is 6.98. The maximum absolute atomic E-state index is 14.7. The minimum absolute atomic E-state index is 0.110. The molecule has 3 fully saturated rings. The first-order valence-corrected chi connectivity index (χ1v) is 15.4. The van der Waals surface area contributed by atoms with Crippen LogP contribution in [0.4, 0.5) is 5.69 Å². The Bertz CT molecular complexity index is 1150. The van der Waals surface area contributed by atoms with Gasteiger partial charge in [0.1, 0.15) is 6.04 Å². The first kappa shape index (κ1) is 30.4. The molecule has 5 atom stereocenters. The molecule has 8 heteroatoms. The van der Waals surface area contributed by atoms with Crippen LogP contribution in [0.5, 0.6) is 0 Å². The second-order valence-corrected chi connectivity index (χ2v) is 13.6. The highest BCUT2D eigenvalue weighted by Gasteiger charge is 2.77. The molecule has 0 aromatic heterocycles. The van der Waals surface area contributed by atoms with Crippen molar-refractivity contribution in [2.75, 3.05) is 31.2 Å². The van der Waals surface area contributed by atoms with E-state index in [2.05, 4.69) is 20.1 Å². The number of esters is 1. The lowest BCUT2D eigenvalue weighted by atomic mass is 9.66. The molecule has 1 aromatic carbocycles. The van der Waals surface area contributed by atoms with Crippen LogP contribution < -0.4 is 4.90 Å². The third-order valence-electron chi connectivity index (χ3n) is 8.87. The molecule has 218 valence electrons. The molecule has 0 aliphatic carbocycles. The van der Waals surface area contributed by atoms with Crippen molar-refractivity contribution in [1.82, 2.24) is 4.90 Å². The van der Waals surface area contributed by atoms with E-state index in [0.717, 1.165) is 48.9 Å². The van der Waals surface area contributed by atoms with Gasteiger partial charge in [0.25, 0.3) is 5.91 Å². The van der Waals surface area contributed by atoms with Crippen LogP contribution in [0.1, 0.15) is 63.0 Å². The Morgan fingerprint density at radius 2 is 1.93 bits per heavy atom. The van der Waals surface area contributed by atoms with E-state index in [1.54, 1.807) is 33.7 Å². The number of aryl methyl sites for hydroxylation is 2. The van der Waals surface area contributed by atoms with Gasteiger partial charge in [-0.3, -0.25) is 14.4 Å². The second kappa shape index (κ2) is 12.5. The molecule has 0 radical (unpaired) electrons. The van der Waals surface area contributed by atoms with Crippen molar-refractivity contribution < 1.29 is 24.2 Å². The molecule has 4 rings (SSSR count). The summed E-state index contributed by atoms with van der Waals surface area (Å²) in [5.74, 6) is -1.75. The summed E-state index contributed by atoms with van der Waals surface area (Å²) in [4.78, 5) is 46.0. The molecule has 7 nitrogen and oxygen atoms in total. The van der Waals surface area contributed by atoms with Crippen LogP contribution in [-0.4, -0.2) is 69.6 Å². The highest BCUT2D eigenvalue weighted by atomic mass is 32.2. The van der Waals surface area contributed by atoms with Gasteiger partial charge in [-0.15, -0.1) is 24.9 Å². The van der Waals surface area contributed by atoms with E-state index in [9.17, 15) is 19.5 Å². The van der Waals surface area contributed by atoms with Crippen molar-refractivity contribution in [2.24, 2.45) is 11.8 Å². The Morgan fingerprint density at radius 3 is 2.62 bits per heavy atom. The number of benzene rings is 1. The van der Waals surface area contributed by atoms with Crippen LogP contribution >= 0.6 is 11.8 Å². The van der Waals surface area contributed by atoms with Gasteiger partial charge in [0, 0.05) is 30.1 Å². The number of unbranched alkanes of at least 4 members (excludes halogenated alkanes) is 3. The van der Waals surface area contributed by atoms with Gasteiger partial charge < -0.3 is 19.6 Å². The van der Waals surface area contributed by atoms with E-state index in [0.29, 0.717) is 25.9 Å². The van der Waals surface area contributed by atoms with Crippen molar-refractivity contribution in [2.45, 2.75) is 81.3 Å². The number of aliphatic hydroxyl groups is 1. The fourth-order valence-corrected chi connectivity index (χ4v) is 9.32. The normalized spacial score (nSPS) is 28.4. The van der Waals surface area contributed by atoms with Gasteiger partial charge in [0.05, 0.1) is 23.2 Å². The number of carbonyl (C=O) groups is 3. The highest BCUT2D eigenvalue weighted by Crippen LogP contribution is 2.71. The molecular formula is C32H44N2O5S. The summed E-state index contributed by atoms with van der Waals surface area (Å²) in [6.45, 7) is 14.8. The zero-order valence-electron chi connectivity index (χ0n) is 24.2. The number of hydrogen-bond acceptors (Lipinski definition) is 6. The number of ether oxygens (including phenoxy) is 1. The first-order chi connectivity index (χ1) is 19.1. The summed E-state index contributed by atoms with van der Waals surface area (Å²) in [6.07, 6.45) is 8.62. The summed E-state index contributed by atoms with van der Waals surface area (Å²) in [5.41, 5.74) is 2.85. The van der Waals surface area contributed by atoms with Crippen molar-refractivity contribution >= 4 is 35.2 Å². The number of anilines is 1. The average molecular weight is 569 g/mol. The summed E-state index contributed by atoms with van der Waals surface area (Å²) < 4.78 is 4.51. The monoisotopic (exact) mass is 568 g/mol. The number of rotatable bonds is 14. The first-order valence-electron chi connectivity index (χ1n) is 14.5. The Hall–Kier alpha value is -2.58. The number of nitrogens with zero attached hydrogens (tertiary/aromatic N) is 2. The lowest BCUT2D eigenvalue weighted by molar-refractivity contribution is -0.155. The highest BCUT2D eigenvalue weighted by molar-refractivity contribution is 8.02. The van der Waals surface area contributed by atoms with E-state index in [1.807, 2.05) is 32.0 Å². The third kappa shape index (κ3) is 5.37. The SMILES string of the molecule is C=CCCOC(=O)[C@@H]1[C@H]2C(=O)N(CCCCCCO)C(C(=O)N(CC=C)c3cc(C)ccc3C)C23CC[C@@]1(C)S3. The van der Waals surface area contributed by atoms with Crippen molar-refractivity contribution in [3.05, 3.63) is 54.6 Å². The molecule has 3 aliphatic heterocycles. The number of aliphatic hydroxyl groups excluding tert-OH is 1. The molecule has 1 aromatic rings. The Kier molecular flexibility index (Phi) is 9.51. The third-order valence-corrected chi connectivity index (χ3v) is 10.9. The molecule has 2 unspecified atom stereocenters. The Labute approximate surface area is 243 Å². The van der Waals surface area contributed by atoms with Crippen molar-refractivity contribution in [3.8, 4) is 0 Å². The van der Waals surface area contributed by atoms with Gasteiger partial charge in [-0.05, 0) is 70.1 Å². The maximum atomic E-state index is 14.7. The van der Waals surface area contributed by atoms with Crippen LogP contribution in [0.15, 0.2) is 43.5 Å². The van der Waals surface area contributed by atoms with Crippen LogP contribution in [0, 0.1) is 25.7 Å². The summed E-state index contributed by atoms with van der Waals surface area (Å²) in [7, 11) is 0. The summed E-state index contributed by atoms with van der Waals surface area (Å²) in [6, 6.07) is 5.38.